The first-order chi connectivity index (χ1) is 13.6. The van der Waals surface area contributed by atoms with E-state index in [1.54, 1.807) is 28.7 Å². The van der Waals surface area contributed by atoms with Gasteiger partial charge in [-0.25, -0.2) is 4.98 Å². The van der Waals surface area contributed by atoms with Gasteiger partial charge in [-0.05, 0) is 17.5 Å². The van der Waals surface area contributed by atoms with Crippen molar-refractivity contribution in [1.29, 1.82) is 5.26 Å². The lowest BCUT2D eigenvalue weighted by Gasteiger charge is -2.36. The Balaban J connectivity index is 1.39. The lowest BCUT2D eigenvalue weighted by atomic mass is 10.1. The molecule has 0 saturated carbocycles. The van der Waals surface area contributed by atoms with Crippen molar-refractivity contribution in [3.8, 4) is 16.6 Å². The number of thiophene rings is 1. The summed E-state index contributed by atoms with van der Waals surface area (Å²) in [5, 5.41) is 27.6. The molecule has 0 aliphatic carbocycles. The van der Waals surface area contributed by atoms with Crippen LogP contribution in [0.3, 0.4) is 0 Å². The average molecular weight is 412 g/mol. The number of piperazine rings is 1. The molecule has 1 aromatic carbocycles. The van der Waals surface area contributed by atoms with Gasteiger partial charge < -0.3 is 4.90 Å². The van der Waals surface area contributed by atoms with E-state index in [2.05, 4.69) is 38.1 Å². The molecule has 1 aliphatic rings. The Labute approximate surface area is 170 Å². The van der Waals surface area contributed by atoms with Crippen molar-refractivity contribution < 1.29 is 4.92 Å². The number of nitriles is 1. The number of nitrogens with zero attached hydrogens (tertiary/aromatic N) is 5. The van der Waals surface area contributed by atoms with Gasteiger partial charge in [0.25, 0.3) is 5.69 Å². The van der Waals surface area contributed by atoms with E-state index < -0.39 is 4.92 Å². The molecule has 0 radical (unpaired) electrons. The summed E-state index contributed by atoms with van der Waals surface area (Å²) in [5.41, 5.74) is 3.31. The highest BCUT2D eigenvalue weighted by molar-refractivity contribution is 7.14. The Morgan fingerprint density at radius 3 is 2.71 bits per heavy atom. The Morgan fingerprint density at radius 1 is 1.21 bits per heavy atom. The number of nitro groups is 1. The zero-order valence-electron chi connectivity index (χ0n) is 14.9. The van der Waals surface area contributed by atoms with Crippen LogP contribution >= 0.6 is 22.7 Å². The van der Waals surface area contributed by atoms with Gasteiger partial charge in [-0.2, -0.15) is 16.6 Å². The van der Waals surface area contributed by atoms with Gasteiger partial charge in [-0.15, -0.1) is 11.3 Å². The van der Waals surface area contributed by atoms with Crippen LogP contribution in [0.4, 0.5) is 11.4 Å². The molecule has 9 heteroatoms. The molecule has 1 saturated heterocycles. The van der Waals surface area contributed by atoms with Crippen molar-refractivity contribution in [1.82, 2.24) is 9.88 Å². The Hall–Kier alpha value is -2.80. The van der Waals surface area contributed by atoms with E-state index in [1.807, 2.05) is 0 Å². The van der Waals surface area contributed by atoms with Crippen molar-refractivity contribution in [3.63, 3.8) is 0 Å². The molecule has 0 N–H and O–H groups in total. The van der Waals surface area contributed by atoms with Crippen molar-refractivity contribution >= 4 is 34.0 Å². The van der Waals surface area contributed by atoms with Gasteiger partial charge in [0.1, 0.15) is 11.1 Å². The van der Waals surface area contributed by atoms with Crippen LogP contribution in [0.1, 0.15) is 11.3 Å². The summed E-state index contributed by atoms with van der Waals surface area (Å²) in [6.07, 6.45) is 0. The maximum atomic E-state index is 10.9. The highest BCUT2D eigenvalue weighted by Crippen LogP contribution is 2.28. The minimum Gasteiger partial charge on any atom is -0.368 e. The molecule has 4 rings (SSSR count). The number of anilines is 1. The predicted octanol–water partition coefficient (Wildman–Crippen LogP) is 3.97. The first-order valence-electron chi connectivity index (χ1n) is 8.77. The van der Waals surface area contributed by atoms with Gasteiger partial charge in [0.2, 0.25) is 0 Å². The number of hydrogen-bond donors (Lipinski definition) is 0. The molecule has 0 atom stereocenters. The van der Waals surface area contributed by atoms with Crippen LogP contribution in [0.2, 0.25) is 0 Å². The minimum atomic E-state index is -0.471. The van der Waals surface area contributed by atoms with E-state index >= 15 is 0 Å². The van der Waals surface area contributed by atoms with Gasteiger partial charge in [-0.3, -0.25) is 15.0 Å². The molecule has 142 valence electrons. The summed E-state index contributed by atoms with van der Waals surface area (Å²) in [6, 6.07) is 8.67. The van der Waals surface area contributed by atoms with Crippen LogP contribution < -0.4 is 4.90 Å². The minimum absolute atomic E-state index is 0.0519. The van der Waals surface area contributed by atoms with E-state index in [9.17, 15) is 15.4 Å². The summed E-state index contributed by atoms with van der Waals surface area (Å²) >= 11 is 3.34. The molecule has 0 spiro atoms. The molecule has 3 aromatic rings. The zero-order valence-corrected chi connectivity index (χ0v) is 16.6. The molecular weight excluding hydrogens is 394 g/mol. The molecule has 28 heavy (non-hydrogen) atoms. The number of thiazole rings is 1. The predicted molar refractivity (Wildman–Crippen MR) is 111 cm³/mol. The fraction of sp³-hybridized carbons (Fsp3) is 0.263. The normalized spacial score (nSPS) is 14.8. The van der Waals surface area contributed by atoms with Crippen LogP contribution in [-0.2, 0) is 6.54 Å². The van der Waals surface area contributed by atoms with Gasteiger partial charge in [0.05, 0.1) is 21.9 Å². The second-order valence-corrected chi connectivity index (χ2v) is 8.13. The van der Waals surface area contributed by atoms with Crippen LogP contribution in [0.15, 0.2) is 40.4 Å². The fourth-order valence-electron chi connectivity index (χ4n) is 3.28. The quantitative estimate of drug-likeness (QED) is 0.466. The Morgan fingerprint density at radius 2 is 2.04 bits per heavy atom. The lowest BCUT2D eigenvalue weighted by molar-refractivity contribution is -0.384. The van der Waals surface area contributed by atoms with E-state index in [1.165, 1.54) is 17.7 Å². The highest BCUT2D eigenvalue weighted by Gasteiger charge is 2.21. The maximum Gasteiger partial charge on any atom is 0.270 e. The third-order valence-electron chi connectivity index (χ3n) is 4.73. The number of hydrogen-bond acceptors (Lipinski definition) is 8. The summed E-state index contributed by atoms with van der Waals surface area (Å²) in [5.74, 6) is 0. The number of rotatable bonds is 5. The third kappa shape index (κ3) is 3.89. The van der Waals surface area contributed by atoms with Gasteiger partial charge in [0.15, 0.2) is 0 Å². The molecule has 0 amide bonds. The standard InChI is InChI=1S/C19H17N5O2S2/c20-10-15-9-17(24(25)26)1-2-18(15)23-6-4-22(5-7-23)11-16-13-28-19(21-16)14-3-8-27-12-14/h1-3,8-9,12-13H,4-7,11H2. The third-order valence-corrected chi connectivity index (χ3v) is 6.35. The largest absolute Gasteiger partial charge is 0.368 e. The van der Waals surface area contributed by atoms with Crippen LogP contribution in [0, 0.1) is 21.4 Å². The topological polar surface area (TPSA) is 86.3 Å². The summed E-state index contributed by atoms with van der Waals surface area (Å²) in [4.78, 5) is 19.7. The van der Waals surface area contributed by atoms with Crippen molar-refractivity contribution in [3.05, 3.63) is 61.8 Å². The Kier molecular flexibility index (Phi) is 5.34. The van der Waals surface area contributed by atoms with E-state index in [4.69, 9.17) is 4.98 Å². The van der Waals surface area contributed by atoms with Crippen LogP contribution in [-0.4, -0.2) is 41.0 Å². The first-order valence-corrected chi connectivity index (χ1v) is 10.6. The van der Waals surface area contributed by atoms with Crippen molar-refractivity contribution in [2.45, 2.75) is 6.54 Å². The molecule has 1 fully saturated rings. The Bertz CT molecular complexity index is 1020. The number of benzene rings is 1. The zero-order chi connectivity index (χ0) is 19.5. The summed E-state index contributed by atoms with van der Waals surface area (Å²) in [6.45, 7) is 4.06. The molecular formula is C19H17N5O2S2. The molecule has 0 unspecified atom stereocenters. The maximum absolute atomic E-state index is 10.9. The number of nitro benzene ring substituents is 1. The second-order valence-electron chi connectivity index (χ2n) is 6.49. The fourth-order valence-corrected chi connectivity index (χ4v) is 4.80. The van der Waals surface area contributed by atoms with Crippen molar-refractivity contribution in [2.75, 3.05) is 31.1 Å². The van der Waals surface area contributed by atoms with Gasteiger partial charge in [0, 0.05) is 61.2 Å². The molecule has 2 aromatic heterocycles. The molecule has 0 bridgehead atoms. The summed E-state index contributed by atoms with van der Waals surface area (Å²) < 4.78 is 0. The number of non-ortho nitro benzene ring substituents is 1. The van der Waals surface area contributed by atoms with E-state index in [-0.39, 0.29) is 5.69 Å². The monoisotopic (exact) mass is 411 g/mol. The first kappa shape index (κ1) is 18.6. The SMILES string of the molecule is N#Cc1cc([N+](=O)[O-])ccc1N1CCN(Cc2csc(-c3ccsc3)n2)CC1. The summed E-state index contributed by atoms with van der Waals surface area (Å²) in [7, 11) is 0. The number of aromatic nitrogens is 1. The lowest BCUT2D eigenvalue weighted by Crippen LogP contribution is -2.46. The average Bonchev–Trinajstić information content (AvgIpc) is 3.40. The van der Waals surface area contributed by atoms with Crippen LogP contribution in [0.5, 0.6) is 0 Å². The van der Waals surface area contributed by atoms with Gasteiger partial charge in [-0.1, -0.05) is 0 Å². The highest BCUT2D eigenvalue weighted by atomic mass is 32.1. The molecule has 7 nitrogen and oxygen atoms in total. The molecule has 1 aliphatic heterocycles. The van der Waals surface area contributed by atoms with Crippen LogP contribution in [0.25, 0.3) is 10.6 Å². The van der Waals surface area contributed by atoms with E-state index in [0.717, 1.165) is 49.1 Å². The van der Waals surface area contributed by atoms with Crippen molar-refractivity contribution in [2.24, 2.45) is 0 Å². The smallest absolute Gasteiger partial charge is 0.270 e. The van der Waals surface area contributed by atoms with E-state index in [0.29, 0.717) is 5.56 Å². The second kappa shape index (κ2) is 8.06. The van der Waals surface area contributed by atoms with Gasteiger partial charge >= 0.3 is 0 Å². The molecule has 3 heterocycles.